The second kappa shape index (κ2) is 5.22. The monoisotopic (exact) mass is 259 g/mol. The molecule has 0 aliphatic heterocycles. The molecule has 0 amide bonds. The van der Waals surface area contributed by atoms with Gasteiger partial charge in [0, 0.05) is 13.0 Å². The topological polar surface area (TPSA) is 68.0 Å². The van der Waals surface area contributed by atoms with E-state index in [1.807, 2.05) is 41.8 Å². The minimum absolute atomic E-state index is 0.320. The Kier molecular flexibility index (Phi) is 3.64. The molecule has 5 nitrogen and oxygen atoms in total. The molecule has 0 aliphatic rings. The molecule has 1 aromatic carbocycles. The van der Waals surface area contributed by atoms with Crippen LogP contribution in [0.15, 0.2) is 36.7 Å². The third kappa shape index (κ3) is 2.50. The van der Waals surface area contributed by atoms with E-state index < -0.39 is 11.4 Å². The van der Waals surface area contributed by atoms with Crippen molar-refractivity contribution >= 4 is 5.97 Å². The summed E-state index contributed by atoms with van der Waals surface area (Å²) < 4.78 is 1.87. The highest BCUT2D eigenvalue weighted by Crippen LogP contribution is 2.27. The number of carbonyl (C=O) groups is 1. The number of carboxylic acid groups (broad SMARTS) is 1. The number of hydrogen-bond acceptors (Lipinski definition) is 3. The highest BCUT2D eigenvalue weighted by atomic mass is 16.4. The number of aryl methyl sites for hydroxylation is 1. The maximum atomic E-state index is 11.7. The van der Waals surface area contributed by atoms with Crippen LogP contribution in [0.1, 0.15) is 25.2 Å². The van der Waals surface area contributed by atoms with Gasteiger partial charge >= 0.3 is 5.97 Å². The van der Waals surface area contributed by atoms with Crippen LogP contribution >= 0.6 is 0 Å². The van der Waals surface area contributed by atoms with Crippen LogP contribution in [0.5, 0.6) is 0 Å². The molecule has 19 heavy (non-hydrogen) atoms. The third-order valence-electron chi connectivity index (χ3n) is 3.43. The quantitative estimate of drug-likeness (QED) is 0.890. The van der Waals surface area contributed by atoms with Crippen molar-refractivity contribution in [3.8, 4) is 0 Å². The summed E-state index contributed by atoms with van der Waals surface area (Å²) in [5, 5.41) is 17.5. The second-order valence-corrected chi connectivity index (χ2v) is 4.71. The molecule has 1 heterocycles. The van der Waals surface area contributed by atoms with Crippen molar-refractivity contribution in [3.63, 3.8) is 0 Å². The summed E-state index contributed by atoms with van der Waals surface area (Å²) in [4.78, 5) is 11.7. The molecule has 0 saturated heterocycles. The summed E-state index contributed by atoms with van der Waals surface area (Å²) >= 11 is 0. The lowest BCUT2D eigenvalue weighted by atomic mass is 9.79. The van der Waals surface area contributed by atoms with Gasteiger partial charge in [-0.3, -0.25) is 4.79 Å². The number of benzene rings is 1. The number of aromatic nitrogens is 3. The van der Waals surface area contributed by atoms with E-state index in [1.165, 1.54) is 0 Å². The standard InChI is InChI=1S/C14H17N3O2/c1-3-17-10-15-16-12(17)9-14(2,13(18)19)11-7-5-4-6-8-11/h4-8,10H,3,9H2,1-2H3,(H,18,19). The molecule has 100 valence electrons. The first-order chi connectivity index (χ1) is 9.08. The first-order valence-electron chi connectivity index (χ1n) is 6.23. The molecule has 1 atom stereocenters. The predicted molar refractivity (Wildman–Crippen MR) is 70.8 cm³/mol. The highest BCUT2D eigenvalue weighted by molar-refractivity contribution is 5.81. The van der Waals surface area contributed by atoms with Crippen molar-refractivity contribution in [2.45, 2.75) is 32.2 Å². The minimum Gasteiger partial charge on any atom is -0.481 e. The van der Waals surface area contributed by atoms with E-state index in [9.17, 15) is 9.90 Å². The van der Waals surface area contributed by atoms with Crippen LogP contribution in [0, 0.1) is 0 Å². The van der Waals surface area contributed by atoms with Crippen molar-refractivity contribution in [3.05, 3.63) is 48.0 Å². The van der Waals surface area contributed by atoms with Crippen LogP contribution in [-0.2, 0) is 23.2 Å². The van der Waals surface area contributed by atoms with Crippen LogP contribution in [0.4, 0.5) is 0 Å². The Hall–Kier alpha value is -2.17. The van der Waals surface area contributed by atoms with E-state index >= 15 is 0 Å². The zero-order chi connectivity index (χ0) is 13.9. The number of nitrogens with zero attached hydrogens (tertiary/aromatic N) is 3. The molecule has 5 heteroatoms. The summed E-state index contributed by atoms with van der Waals surface area (Å²) in [5.41, 5.74) is -0.227. The number of rotatable bonds is 5. The fourth-order valence-electron chi connectivity index (χ4n) is 2.10. The van der Waals surface area contributed by atoms with E-state index in [4.69, 9.17) is 0 Å². The molecule has 2 aromatic rings. The Balaban J connectivity index is 2.39. The van der Waals surface area contributed by atoms with E-state index in [2.05, 4.69) is 10.2 Å². The van der Waals surface area contributed by atoms with Crippen LogP contribution < -0.4 is 0 Å². The van der Waals surface area contributed by atoms with Gasteiger partial charge in [-0.25, -0.2) is 0 Å². The summed E-state index contributed by atoms with van der Waals surface area (Å²) in [6.45, 7) is 4.43. The molecule has 1 N–H and O–H groups in total. The van der Waals surface area contributed by atoms with Crippen molar-refractivity contribution in [1.82, 2.24) is 14.8 Å². The average molecular weight is 259 g/mol. The van der Waals surface area contributed by atoms with Crippen molar-refractivity contribution in [2.75, 3.05) is 0 Å². The van der Waals surface area contributed by atoms with Gasteiger partial charge in [-0.15, -0.1) is 10.2 Å². The van der Waals surface area contributed by atoms with Gasteiger partial charge in [0.2, 0.25) is 0 Å². The Morgan fingerprint density at radius 3 is 2.63 bits per heavy atom. The lowest BCUT2D eigenvalue weighted by Gasteiger charge is -2.25. The lowest BCUT2D eigenvalue weighted by Crippen LogP contribution is -2.35. The molecule has 0 fully saturated rings. The van der Waals surface area contributed by atoms with Crippen molar-refractivity contribution < 1.29 is 9.90 Å². The predicted octanol–water partition coefficient (Wildman–Crippen LogP) is 1.88. The highest BCUT2D eigenvalue weighted by Gasteiger charge is 2.36. The van der Waals surface area contributed by atoms with Gasteiger partial charge in [0.25, 0.3) is 0 Å². The maximum absolute atomic E-state index is 11.7. The van der Waals surface area contributed by atoms with E-state index in [1.54, 1.807) is 13.3 Å². The first-order valence-corrected chi connectivity index (χ1v) is 6.23. The van der Waals surface area contributed by atoms with Gasteiger partial charge in [-0.05, 0) is 19.4 Å². The van der Waals surface area contributed by atoms with E-state index in [0.29, 0.717) is 12.2 Å². The molecule has 0 radical (unpaired) electrons. The normalized spacial score (nSPS) is 14.0. The molecule has 1 aromatic heterocycles. The Labute approximate surface area is 111 Å². The van der Waals surface area contributed by atoms with Crippen LogP contribution in [0.25, 0.3) is 0 Å². The molecule has 0 saturated carbocycles. The minimum atomic E-state index is -0.999. The fourth-order valence-corrected chi connectivity index (χ4v) is 2.10. The summed E-state index contributed by atoms with van der Waals surface area (Å²) in [7, 11) is 0. The van der Waals surface area contributed by atoms with Gasteiger partial charge < -0.3 is 9.67 Å². The number of aliphatic carboxylic acids is 1. The molecule has 0 aliphatic carbocycles. The van der Waals surface area contributed by atoms with Gasteiger partial charge in [-0.2, -0.15) is 0 Å². The smallest absolute Gasteiger partial charge is 0.314 e. The van der Waals surface area contributed by atoms with Gasteiger partial charge in [0.1, 0.15) is 12.2 Å². The molecular formula is C14H17N3O2. The van der Waals surface area contributed by atoms with Crippen molar-refractivity contribution in [1.29, 1.82) is 0 Å². The maximum Gasteiger partial charge on any atom is 0.314 e. The molecule has 2 rings (SSSR count). The zero-order valence-electron chi connectivity index (χ0n) is 11.1. The number of carboxylic acids is 1. The third-order valence-corrected chi connectivity index (χ3v) is 3.43. The second-order valence-electron chi connectivity index (χ2n) is 4.71. The van der Waals surface area contributed by atoms with E-state index in [0.717, 1.165) is 12.1 Å². The Morgan fingerprint density at radius 1 is 1.37 bits per heavy atom. The molecular weight excluding hydrogens is 242 g/mol. The van der Waals surface area contributed by atoms with Crippen LogP contribution in [-0.4, -0.2) is 25.8 Å². The first kappa shape index (κ1) is 13.3. The van der Waals surface area contributed by atoms with Crippen molar-refractivity contribution in [2.24, 2.45) is 0 Å². The van der Waals surface area contributed by atoms with Gasteiger partial charge in [0.15, 0.2) is 0 Å². The van der Waals surface area contributed by atoms with Crippen LogP contribution in [0.3, 0.4) is 0 Å². The fraction of sp³-hybridized carbons (Fsp3) is 0.357. The van der Waals surface area contributed by atoms with Crippen LogP contribution in [0.2, 0.25) is 0 Å². The van der Waals surface area contributed by atoms with Gasteiger partial charge in [0.05, 0.1) is 5.41 Å². The van der Waals surface area contributed by atoms with E-state index in [-0.39, 0.29) is 0 Å². The average Bonchev–Trinajstić information content (AvgIpc) is 2.86. The largest absolute Gasteiger partial charge is 0.481 e. The summed E-state index contributed by atoms with van der Waals surface area (Å²) in [6.07, 6.45) is 1.95. The SMILES string of the molecule is CCn1cnnc1CC(C)(C(=O)O)c1ccccc1. The molecule has 1 unspecified atom stereocenters. The Morgan fingerprint density at radius 2 is 2.05 bits per heavy atom. The molecule has 0 bridgehead atoms. The lowest BCUT2D eigenvalue weighted by molar-refractivity contribution is -0.143. The molecule has 0 spiro atoms. The van der Waals surface area contributed by atoms with Gasteiger partial charge in [-0.1, -0.05) is 30.3 Å². The Bertz CT molecular complexity index is 565. The zero-order valence-corrected chi connectivity index (χ0v) is 11.1. The summed E-state index contributed by atoms with van der Waals surface area (Å²) in [6, 6.07) is 9.24. The number of hydrogen-bond donors (Lipinski definition) is 1. The summed E-state index contributed by atoms with van der Waals surface area (Å²) in [5.74, 6) is -0.166.